The lowest BCUT2D eigenvalue weighted by Gasteiger charge is -2.12. The first-order valence-corrected chi connectivity index (χ1v) is 4.58. The number of carbonyl (C=O) groups is 1. The number of hydrogen-bond donors (Lipinski definition) is 1. The molecule has 0 amide bonds. The molecule has 82 valence electrons. The minimum absolute atomic E-state index is 0.0185. The Morgan fingerprint density at radius 1 is 1.67 bits per heavy atom. The number of hydrogen-bond acceptors (Lipinski definition) is 2. The third-order valence-electron chi connectivity index (χ3n) is 1.98. The maximum atomic E-state index is 13.5. The van der Waals surface area contributed by atoms with E-state index in [9.17, 15) is 9.18 Å². The molecule has 0 atom stereocenters. The summed E-state index contributed by atoms with van der Waals surface area (Å²) in [5, 5.41) is 8.53. The van der Waals surface area contributed by atoms with Gasteiger partial charge in [0, 0.05) is 5.56 Å². The Morgan fingerprint density at radius 2 is 2.27 bits per heavy atom. The lowest BCUT2D eigenvalue weighted by molar-refractivity contribution is -0.136. The van der Waals surface area contributed by atoms with Crippen LogP contribution in [0.5, 0.6) is 5.75 Å². The molecule has 0 fully saturated rings. The Balaban J connectivity index is 3.36. The zero-order valence-electron chi connectivity index (χ0n) is 8.30. The number of ether oxygens (including phenoxy) is 1. The van der Waals surface area contributed by atoms with E-state index in [1.54, 1.807) is 6.92 Å². The molecule has 0 saturated heterocycles. The second-order valence-electron chi connectivity index (χ2n) is 3.07. The second kappa shape index (κ2) is 4.49. The Hall–Kier alpha value is -1.29. The monoisotopic (exact) mass is 232 g/mol. The minimum Gasteiger partial charge on any atom is -0.496 e. The SMILES string of the molecule is COc1c(C)cc(Cl)c(F)c1CC(=O)O. The van der Waals surface area contributed by atoms with Crippen LogP contribution in [0.3, 0.4) is 0 Å². The average Bonchev–Trinajstić information content (AvgIpc) is 2.13. The smallest absolute Gasteiger partial charge is 0.308 e. The van der Waals surface area contributed by atoms with Gasteiger partial charge in [-0.05, 0) is 18.6 Å². The van der Waals surface area contributed by atoms with Crippen molar-refractivity contribution >= 4 is 17.6 Å². The molecule has 0 bridgehead atoms. The molecule has 0 heterocycles. The van der Waals surface area contributed by atoms with Crippen LogP contribution < -0.4 is 4.74 Å². The Morgan fingerprint density at radius 3 is 2.73 bits per heavy atom. The van der Waals surface area contributed by atoms with E-state index in [-0.39, 0.29) is 16.3 Å². The highest BCUT2D eigenvalue weighted by Crippen LogP contribution is 2.31. The predicted octanol–water partition coefficient (Wildman–Crippen LogP) is 2.42. The molecule has 1 aromatic rings. The highest BCUT2D eigenvalue weighted by molar-refractivity contribution is 6.31. The van der Waals surface area contributed by atoms with E-state index in [2.05, 4.69) is 0 Å². The number of aliphatic carboxylic acids is 1. The zero-order chi connectivity index (χ0) is 11.6. The fraction of sp³-hybridized carbons (Fsp3) is 0.300. The van der Waals surface area contributed by atoms with E-state index >= 15 is 0 Å². The molecule has 0 aliphatic rings. The molecule has 1 aromatic carbocycles. The van der Waals surface area contributed by atoms with Crippen molar-refractivity contribution in [2.75, 3.05) is 7.11 Å². The minimum atomic E-state index is -1.13. The molecule has 1 rings (SSSR count). The summed E-state index contributed by atoms with van der Waals surface area (Å²) in [6.45, 7) is 1.68. The summed E-state index contributed by atoms with van der Waals surface area (Å²) in [7, 11) is 1.36. The molecule has 0 spiro atoms. The van der Waals surface area contributed by atoms with Crippen molar-refractivity contribution in [2.24, 2.45) is 0 Å². The fourth-order valence-electron chi connectivity index (χ4n) is 1.39. The maximum absolute atomic E-state index is 13.5. The second-order valence-corrected chi connectivity index (χ2v) is 3.48. The van der Waals surface area contributed by atoms with Crippen molar-refractivity contribution in [1.29, 1.82) is 0 Å². The Bertz CT molecular complexity index is 404. The molecule has 15 heavy (non-hydrogen) atoms. The van der Waals surface area contributed by atoms with Gasteiger partial charge in [-0.3, -0.25) is 4.79 Å². The van der Waals surface area contributed by atoms with Gasteiger partial charge in [-0.2, -0.15) is 0 Å². The van der Waals surface area contributed by atoms with Gasteiger partial charge in [-0.25, -0.2) is 4.39 Å². The molecule has 5 heteroatoms. The van der Waals surface area contributed by atoms with Gasteiger partial charge in [-0.1, -0.05) is 11.6 Å². The van der Waals surface area contributed by atoms with Crippen molar-refractivity contribution < 1.29 is 19.0 Å². The van der Waals surface area contributed by atoms with Gasteiger partial charge in [0.1, 0.15) is 11.6 Å². The van der Waals surface area contributed by atoms with Gasteiger partial charge in [0.2, 0.25) is 0 Å². The lowest BCUT2D eigenvalue weighted by atomic mass is 10.1. The molecule has 1 N–H and O–H groups in total. The topological polar surface area (TPSA) is 46.5 Å². The fourth-order valence-corrected chi connectivity index (χ4v) is 1.67. The third-order valence-corrected chi connectivity index (χ3v) is 2.26. The van der Waals surface area contributed by atoms with E-state index in [1.165, 1.54) is 13.2 Å². The van der Waals surface area contributed by atoms with Crippen LogP contribution in [0.15, 0.2) is 6.07 Å². The molecule has 0 unspecified atom stereocenters. The van der Waals surface area contributed by atoms with E-state index in [1.807, 2.05) is 0 Å². The molecule has 3 nitrogen and oxygen atoms in total. The largest absolute Gasteiger partial charge is 0.496 e. The molecular weight excluding hydrogens is 223 g/mol. The van der Waals surface area contributed by atoms with Crippen molar-refractivity contribution in [2.45, 2.75) is 13.3 Å². The van der Waals surface area contributed by atoms with Crippen LogP contribution >= 0.6 is 11.6 Å². The number of halogens is 2. The normalized spacial score (nSPS) is 10.1. The van der Waals surface area contributed by atoms with Crippen molar-refractivity contribution in [3.63, 3.8) is 0 Å². The van der Waals surface area contributed by atoms with E-state index in [0.29, 0.717) is 5.56 Å². The van der Waals surface area contributed by atoms with Crippen molar-refractivity contribution in [1.82, 2.24) is 0 Å². The number of rotatable bonds is 3. The number of carboxylic acids is 1. The first-order valence-electron chi connectivity index (χ1n) is 4.20. The molecule has 0 saturated carbocycles. The lowest BCUT2D eigenvalue weighted by Crippen LogP contribution is -2.06. The van der Waals surface area contributed by atoms with Gasteiger partial charge in [0.15, 0.2) is 0 Å². The van der Waals surface area contributed by atoms with Gasteiger partial charge in [0.05, 0.1) is 18.6 Å². The number of carboxylic acid groups (broad SMARTS) is 1. The summed E-state index contributed by atoms with van der Waals surface area (Å²) in [4.78, 5) is 10.5. The summed E-state index contributed by atoms with van der Waals surface area (Å²) in [5.41, 5.74) is 0.593. The van der Waals surface area contributed by atoms with E-state index < -0.39 is 18.2 Å². The molecular formula is C10H10ClFO3. The van der Waals surface area contributed by atoms with Crippen LogP contribution in [0.25, 0.3) is 0 Å². The van der Waals surface area contributed by atoms with Crippen LogP contribution in [-0.4, -0.2) is 18.2 Å². The molecule has 0 aromatic heterocycles. The molecule has 0 aliphatic carbocycles. The van der Waals surface area contributed by atoms with Gasteiger partial charge >= 0.3 is 5.97 Å². The summed E-state index contributed by atoms with van der Waals surface area (Å²) in [6, 6.07) is 1.40. The number of methoxy groups -OCH3 is 1. The number of aryl methyl sites for hydroxylation is 1. The summed E-state index contributed by atoms with van der Waals surface area (Å²) in [5.74, 6) is -1.63. The van der Waals surface area contributed by atoms with Crippen molar-refractivity contribution in [3.8, 4) is 5.75 Å². The van der Waals surface area contributed by atoms with E-state index in [4.69, 9.17) is 21.4 Å². The number of benzene rings is 1. The van der Waals surface area contributed by atoms with E-state index in [0.717, 1.165) is 0 Å². The summed E-state index contributed by atoms with van der Waals surface area (Å²) >= 11 is 5.61. The Kier molecular flexibility index (Phi) is 3.52. The highest BCUT2D eigenvalue weighted by atomic mass is 35.5. The highest BCUT2D eigenvalue weighted by Gasteiger charge is 2.18. The van der Waals surface area contributed by atoms with Crippen LogP contribution in [-0.2, 0) is 11.2 Å². The first kappa shape index (κ1) is 11.8. The van der Waals surface area contributed by atoms with Crippen LogP contribution in [0.2, 0.25) is 5.02 Å². The summed E-state index contributed by atoms with van der Waals surface area (Å²) < 4.78 is 18.5. The van der Waals surface area contributed by atoms with Crippen LogP contribution in [0, 0.1) is 12.7 Å². The maximum Gasteiger partial charge on any atom is 0.308 e. The summed E-state index contributed by atoms with van der Waals surface area (Å²) in [6.07, 6.45) is -0.448. The van der Waals surface area contributed by atoms with Gasteiger partial charge in [0.25, 0.3) is 0 Å². The zero-order valence-corrected chi connectivity index (χ0v) is 9.06. The quantitative estimate of drug-likeness (QED) is 0.871. The predicted molar refractivity (Wildman–Crippen MR) is 54.0 cm³/mol. The first-order chi connectivity index (χ1) is 6.97. The van der Waals surface area contributed by atoms with Crippen LogP contribution in [0.1, 0.15) is 11.1 Å². The average molecular weight is 233 g/mol. The molecule has 0 aliphatic heterocycles. The van der Waals surface area contributed by atoms with Gasteiger partial charge in [-0.15, -0.1) is 0 Å². The van der Waals surface area contributed by atoms with Crippen LogP contribution in [0.4, 0.5) is 4.39 Å². The third kappa shape index (κ3) is 2.39. The standard InChI is InChI=1S/C10H10ClFO3/c1-5-3-7(11)9(12)6(4-8(13)14)10(5)15-2/h3H,4H2,1-2H3,(H,13,14). The van der Waals surface area contributed by atoms with Crippen molar-refractivity contribution in [3.05, 3.63) is 28.0 Å². The molecule has 0 radical (unpaired) electrons. The van der Waals surface area contributed by atoms with Gasteiger partial charge < -0.3 is 9.84 Å². The Labute approximate surface area is 91.4 Å².